The zero-order valence-electron chi connectivity index (χ0n) is 18.9. The van der Waals surface area contributed by atoms with Crippen molar-refractivity contribution >= 4 is 5.65 Å². The van der Waals surface area contributed by atoms with Gasteiger partial charge in [-0.3, -0.25) is 4.98 Å². The molecular weight excluding hydrogens is 447 g/mol. The molecule has 0 radical (unpaired) electrons. The maximum absolute atomic E-state index is 13.7. The number of nitrogens with zero attached hydrogens (tertiary/aromatic N) is 9. The molecule has 3 aliphatic rings. The number of nitrogens with one attached hydrogen (secondary N) is 1. The van der Waals surface area contributed by atoms with E-state index in [1.807, 2.05) is 28.9 Å². The molecule has 10 nitrogen and oxygen atoms in total. The van der Waals surface area contributed by atoms with Gasteiger partial charge in [0, 0.05) is 37.2 Å². The Morgan fingerprint density at radius 2 is 1.89 bits per heavy atom. The topological polar surface area (TPSA) is 104 Å². The molecule has 0 saturated heterocycles. The fraction of sp³-hybridized carbons (Fsp3) is 0.333. The summed E-state index contributed by atoms with van der Waals surface area (Å²) < 4.78 is 17.5. The molecule has 5 aromatic heterocycles. The van der Waals surface area contributed by atoms with Gasteiger partial charge in [-0.25, -0.2) is 14.1 Å². The maximum Gasteiger partial charge on any atom is 0.137 e. The number of hydrogen-bond acceptors (Lipinski definition) is 7. The third kappa shape index (κ3) is 3.68. The first-order valence-electron chi connectivity index (χ1n) is 11.6. The molecule has 5 heterocycles. The molecule has 11 heteroatoms. The lowest BCUT2D eigenvalue weighted by Gasteiger charge is -2.66. The molecule has 5 aromatic rings. The predicted molar refractivity (Wildman–Crippen MR) is 124 cm³/mol. The first-order valence-corrected chi connectivity index (χ1v) is 11.6. The summed E-state index contributed by atoms with van der Waals surface area (Å²) in [6, 6.07) is 6.02. The number of fused-ring (bicyclic) bond motifs is 1. The molecule has 0 aromatic carbocycles. The molecule has 3 fully saturated rings. The van der Waals surface area contributed by atoms with E-state index in [1.54, 1.807) is 29.5 Å². The average Bonchev–Trinajstić information content (AvgIpc) is 3.58. The maximum atomic E-state index is 13.7. The second-order valence-corrected chi connectivity index (χ2v) is 9.87. The van der Waals surface area contributed by atoms with E-state index in [1.165, 1.54) is 10.4 Å². The van der Waals surface area contributed by atoms with Gasteiger partial charge in [0.05, 0.1) is 37.0 Å². The van der Waals surface area contributed by atoms with Crippen LogP contribution in [0.3, 0.4) is 0 Å². The van der Waals surface area contributed by atoms with Crippen molar-refractivity contribution in [2.75, 3.05) is 6.54 Å². The number of halogens is 1. The number of hydrogen-bond donors (Lipinski definition) is 1. The minimum absolute atomic E-state index is 0.213. The van der Waals surface area contributed by atoms with Crippen molar-refractivity contribution in [3.05, 3.63) is 72.8 Å². The van der Waals surface area contributed by atoms with Gasteiger partial charge in [-0.1, -0.05) is 11.3 Å². The minimum Gasteiger partial charge on any atom is -0.312 e. The summed E-state index contributed by atoms with van der Waals surface area (Å²) in [5.74, 6) is 0. The summed E-state index contributed by atoms with van der Waals surface area (Å²) in [5.41, 5.74) is 4.62. The first-order chi connectivity index (χ1) is 17.0. The van der Waals surface area contributed by atoms with Crippen molar-refractivity contribution in [2.45, 2.75) is 38.0 Å². The summed E-state index contributed by atoms with van der Waals surface area (Å²) >= 11 is 0. The van der Waals surface area contributed by atoms with Crippen LogP contribution in [0.4, 0.5) is 4.39 Å². The van der Waals surface area contributed by atoms with Crippen molar-refractivity contribution < 1.29 is 4.39 Å². The van der Waals surface area contributed by atoms with Gasteiger partial charge < -0.3 is 9.72 Å². The molecule has 35 heavy (non-hydrogen) atoms. The fourth-order valence-electron chi connectivity index (χ4n) is 5.49. The highest BCUT2D eigenvalue weighted by atomic mass is 19.1. The van der Waals surface area contributed by atoms with Crippen LogP contribution in [0.1, 0.15) is 30.5 Å². The van der Waals surface area contributed by atoms with Gasteiger partial charge in [0.2, 0.25) is 0 Å². The predicted octanol–water partition coefficient (Wildman–Crippen LogP) is 2.60. The van der Waals surface area contributed by atoms with Gasteiger partial charge in [-0.05, 0) is 42.4 Å². The highest BCUT2D eigenvalue weighted by Crippen LogP contribution is 2.69. The molecule has 0 atom stereocenters. The van der Waals surface area contributed by atoms with Crippen LogP contribution in [-0.4, -0.2) is 56.6 Å². The molecule has 0 amide bonds. The van der Waals surface area contributed by atoms with E-state index < -0.39 is 5.67 Å². The molecule has 0 spiro atoms. The first kappa shape index (κ1) is 20.4. The van der Waals surface area contributed by atoms with Gasteiger partial charge in [0.15, 0.2) is 0 Å². The van der Waals surface area contributed by atoms with E-state index >= 15 is 0 Å². The van der Waals surface area contributed by atoms with E-state index in [0.717, 1.165) is 54.9 Å². The standard InChI is InChI=1S/C24H23FN10/c25-24-13-23(14-24,15-24)16-27-6-17-1-2-22-30-19(10-33(22)9-17)11-34-12-21(31-32-34)18-5-20(8-26-7-18)35-28-3-4-29-35/h1-5,7-10,12,27H,6,11,13-16H2. The Balaban J connectivity index is 1.02. The van der Waals surface area contributed by atoms with E-state index in [0.29, 0.717) is 12.2 Å². The van der Waals surface area contributed by atoms with Gasteiger partial charge in [0.25, 0.3) is 0 Å². The Bertz CT molecular complexity index is 1500. The number of aromatic nitrogens is 9. The second kappa shape index (κ2) is 7.51. The molecule has 3 aliphatic carbocycles. The SMILES string of the molecule is FC12CC(CNCc3ccc4nc(Cn5cc(-c6cncc(-n7nccn7)c6)nn5)cn4c3)(C1)C2. The quantitative estimate of drug-likeness (QED) is 0.372. The molecule has 0 unspecified atom stereocenters. The lowest BCUT2D eigenvalue weighted by Crippen LogP contribution is -2.67. The van der Waals surface area contributed by atoms with Gasteiger partial charge in [-0.2, -0.15) is 15.0 Å². The Morgan fingerprint density at radius 3 is 2.71 bits per heavy atom. The zero-order valence-corrected chi connectivity index (χ0v) is 18.9. The molecule has 8 rings (SSSR count). The Hall–Kier alpha value is -3.99. The van der Waals surface area contributed by atoms with Crippen LogP contribution in [-0.2, 0) is 13.1 Å². The van der Waals surface area contributed by atoms with Crippen LogP contribution in [0.25, 0.3) is 22.6 Å². The van der Waals surface area contributed by atoms with Crippen molar-refractivity contribution in [1.29, 1.82) is 0 Å². The largest absolute Gasteiger partial charge is 0.312 e. The number of rotatable bonds is 8. The highest BCUT2D eigenvalue weighted by molar-refractivity contribution is 5.59. The van der Waals surface area contributed by atoms with Gasteiger partial charge in [-0.15, -0.1) is 5.10 Å². The van der Waals surface area contributed by atoms with E-state index in [-0.39, 0.29) is 5.41 Å². The van der Waals surface area contributed by atoms with Crippen molar-refractivity contribution in [1.82, 2.24) is 49.7 Å². The minimum atomic E-state index is -0.836. The Morgan fingerprint density at radius 1 is 1.03 bits per heavy atom. The number of pyridine rings is 2. The van der Waals surface area contributed by atoms with Crippen LogP contribution >= 0.6 is 0 Å². The van der Waals surface area contributed by atoms with Crippen LogP contribution in [0.15, 0.2) is 61.6 Å². The summed E-state index contributed by atoms with van der Waals surface area (Å²) in [6.45, 7) is 2.15. The second-order valence-electron chi connectivity index (χ2n) is 9.87. The monoisotopic (exact) mass is 470 g/mol. The lowest BCUT2D eigenvalue weighted by atomic mass is 9.42. The lowest BCUT2D eigenvalue weighted by molar-refractivity contribution is -0.209. The summed E-state index contributed by atoms with van der Waals surface area (Å²) in [7, 11) is 0. The van der Waals surface area contributed by atoms with Crippen molar-refractivity contribution in [2.24, 2.45) is 5.41 Å². The van der Waals surface area contributed by atoms with E-state index in [4.69, 9.17) is 4.98 Å². The third-order valence-corrected chi connectivity index (χ3v) is 7.00. The Labute approximate surface area is 199 Å². The summed E-state index contributed by atoms with van der Waals surface area (Å²) in [4.78, 5) is 10.5. The Kier molecular flexibility index (Phi) is 4.37. The highest BCUT2D eigenvalue weighted by Gasteiger charge is 2.68. The summed E-state index contributed by atoms with van der Waals surface area (Å²) in [5, 5.41) is 20.4. The van der Waals surface area contributed by atoms with Gasteiger partial charge >= 0.3 is 0 Å². The molecule has 2 bridgehead atoms. The molecule has 3 saturated carbocycles. The zero-order chi connectivity index (χ0) is 23.5. The average molecular weight is 471 g/mol. The van der Waals surface area contributed by atoms with Crippen molar-refractivity contribution in [3.8, 4) is 16.9 Å². The van der Waals surface area contributed by atoms with Crippen LogP contribution in [0, 0.1) is 5.41 Å². The molecule has 1 N–H and O–H groups in total. The summed E-state index contributed by atoms with van der Waals surface area (Å²) in [6.07, 6.45) is 14.8. The fourth-order valence-corrected chi connectivity index (χ4v) is 5.49. The molecule has 176 valence electrons. The van der Waals surface area contributed by atoms with Crippen LogP contribution in [0.5, 0.6) is 0 Å². The molecule has 0 aliphatic heterocycles. The number of alkyl halides is 1. The van der Waals surface area contributed by atoms with Crippen molar-refractivity contribution in [3.63, 3.8) is 0 Å². The van der Waals surface area contributed by atoms with E-state index in [2.05, 4.69) is 43.1 Å². The van der Waals surface area contributed by atoms with Crippen LogP contribution in [0.2, 0.25) is 0 Å². The van der Waals surface area contributed by atoms with Gasteiger partial charge in [0.1, 0.15) is 22.7 Å². The number of imidazole rings is 1. The third-order valence-electron chi connectivity index (χ3n) is 7.00. The normalized spacial score (nSPS) is 22.8. The van der Waals surface area contributed by atoms with E-state index in [9.17, 15) is 4.39 Å². The molecular formula is C24H23FN10. The van der Waals surface area contributed by atoms with Crippen LogP contribution < -0.4 is 5.32 Å². The smallest absolute Gasteiger partial charge is 0.137 e.